The molecule has 4 aromatic carbocycles. The lowest BCUT2D eigenvalue weighted by Gasteiger charge is -2.05. The molecule has 0 aliphatic rings. The Morgan fingerprint density at radius 2 is 0.186 bits per heavy atom. The highest BCUT2D eigenvalue weighted by molar-refractivity contribution is 5.00. The van der Waals surface area contributed by atoms with Crippen LogP contribution < -0.4 is 0 Å². The van der Waals surface area contributed by atoms with Gasteiger partial charge in [0.1, 0.15) is 0 Å². The van der Waals surface area contributed by atoms with Crippen molar-refractivity contribution in [3.8, 4) is 0 Å². The molecule has 0 aliphatic carbocycles. The predicted molar refractivity (Wildman–Crippen MR) is 210 cm³/mol. The Hall–Kier alpha value is -3.12. The van der Waals surface area contributed by atoms with Gasteiger partial charge in [-0.25, -0.2) is 0 Å². The van der Waals surface area contributed by atoms with Crippen LogP contribution in [0.15, 0.2) is 146 Å². The van der Waals surface area contributed by atoms with Gasteiger partial charge in [-0.2, -0.15) is 0 Å². The van der Waals surface area contributed by atoms with Crippen LogP contribution in [0.1, 0.15) is 125 Å². The maximum Gasteiger partial charge on any atom is -0.0411 e. The first-order valence-electron chi connectivity index (χ1n) is 17.0. The summed E-state index contributed by atoms with van der Waals surface area (Å²) in [7, 11) is 0. The summed E-state index contributed by atoms with van der Waals surface area (Å²) in [6.45, 7) is 36.8. The minimum Gasteiger partial charge on any atom is -0.0683 e. The topological polar surface area (TPSA) is 0 Å². The Morgan fingerprint density at radius 3 is 0.209 bits per heavy atom. The molecule has 4 rings (SSSR count). The second-order valence-corrected chi connectivity index (χ2v) is 7.62. The van der Waals surface area contributed by atoms with Crippen molar-refractivity contribution in [3.05, 3.63) is 146 Å². The molecule has 0 unspecified atom stereocenters. The molecule has 0 fully saturated rings. The molecule has 0 spiro atoms. The molecule has 0 heterocycles. The Morgan fingerprint density at radius 1 is 0.163 bits per heavy atom. The van der Waals surface area contributed by atoms with Crippen LogP contribution in [0.2, 0.25) is 0 Å². The first-order chi connectivity index (χ1) is 21.0. The van der Waals surface area contributed by atoms with E-state index in [0.29, 0.717) is 5.41 Å². The van der Waals surface area contributed by atoms with Crippen LogP contribution in [0.3, 0.4) is 0 Å². The Balaban J connectivity index is -0.0000000539. The molecule has 0 amide bonds. The molecule has 43 heavy (non-hydrogen) atoms. The van der Waals surface area contributed by atoms with Crippen LogP contribution in [-0.4, -0.2) is 0 Å². The monoisotopic (exact) mass is 595 g/mol. The number of hydrogen-bond acceptors (Lipinski definition) is 0. The van der Waals surface area contributed by atoms with Crippen molar-refractivity contribution in [3.63, 3.8) is 0 Å². The molecule has 250 valence electrons. The fourth-order valence-electron chi connectivity index (χ4n) is 1.54. The second kappa shape index (κ2) is 77.2. The third kappa shape index (κ3) is 121. The van der Waals surface area contributed by atoms with Gasteiger partial charge in [0.25, 0.3) is 0 Å². The molecular formula is C43H78. The zero-order valence-corrected chi connectivity index (χ0v) is 32.4. The number of hydrogen-bond donors (Lipinski definition) is 0. The first kappa shape index (κ1) is 59.3. The van der Waals surface area contributed by atoms with Crippen LogP contribution in [0.4, 0.5) is 0 Å². The molecule has 0 aromatic heterocycles. The predicted octanol–water partition coefficient (Wildman–Crippen LogP) is 16.0. The van der Waals surface area contributed by atoms with E-state index in [1.165, 1.54) is 0 Å². The molecular weight excluding hydrogens is 516 g/mol. The average molecular weight is 595 g/mol. The molecule has 0 heteroatoms. The third-order valence-electron chi connectivity index (χ3n) is 2.67. The van der Waals surface area contributed by atoms with Gasteiger partial charge in [0, 0.05) is 0 Å². The van der Waals surface area contributed by atoms with E-state index >= 15 is 0 Å². The molecule has 0 saturated carbocycles. The van der Waals surface area contributed by atoms with E-state index in [9.17, 15) is 0 Å². The smallest absolute Gasteiger partial charge is 0.0411 e. The van der Waals surface area contributed by atoms with Gasteiger partial charge in [0.15, 0.2) is 0 Å². The largest absolute Gasteiger partial charge is 0.0683 e. The Kier molecular flexibility index (Phi) is 107. The molecule has 0 bridgehead atoms. The highest BCUT2D eigenvalue weighted by Crippen LogP contribution is 2.08. The average Bonchev–Trinajstić information content (AvgIpc) is 3.14. The summed E-state index contributed by atoms with van der Waals surface area (Å²) in [6.07, 6.45) is 0. The van der Waals surface area contributed by atoms with Gasteiger partial charge in [-0.1, -0.05) is 270 Å². The SMILES string of the molecule is CC.CC.CC.CC.CC.CC.CC.CC(C)(C)C.c1ccccc1.c1ccccc1.c1ccccc1.c1ccccc1. The van der Waals surface area contributed by atoms with E-state index in [-0.39, 0.29) is 0 Å². The normalized spacial score (nSPS) is 6.84. The van der Waals surface area contributed by atoms with Gasteiger partial charge in [-0.05, 0) is 5.41 Å². The maximum atomic E-state index is 2.19. The minimum absolute atomic E-state index is 0.500. The van der Waals surface area contributed by atoms with E-state index in [4.69, 9.17) is 0 Å². The van der Waals surface area contributed by atoms with E-state index < -0.39 is 0 Å². The van der Waals surface area contributed by atoms with E-state index in [1.54, 1.807) is 0 Å². The molecule has 0 N–H and O–H groups in total. The standard InChI is InChI=1S/4C6H6.C5H12.7C2H6/c4*1-2-4-6-5-3-1;1-5(2,3)4;7*1-2/h4*1-6H;1-4H3;7*1-2H3. The zero-order valence-electron chi connectivity index (χ0n) is 32.4. The lowest BCUT2D eigenvalue weighted by Crippen LogP contribution is -1.93. The van der Waals surface area contributed by atoms with Crippen LogP contribution in [0, 0.1) is 5.41 Å². The van der Waals surface area contributed by atoms with Crippen LogP contribution in [0.5, 0.6) is 0 Å². The fourth-order valence-corrected chi connectivity index (χ4v) is 1.54. The summed E-state index contributed by atoms with van der Waals surface area (Å²) in [4.78, 5) is 0. The van der Waals surface area contributed by atoms with E-state index in [2.05, 4.69) is 27.7 Å². The molecule has 0 aliphatic heterocycles. The second-order valence-electron chi connectivity index (χ2n) is 7.62. The van der Waals surface area contributed by atoms with Gasteiger partial charge < -0.3 is 0 Å². The number of benzene rings is 4. The van der Waals surface area contributed by atoms with E-state index in [0.717, 1.165) is 0 Å². The first-order valence-corrected chi connectivity index (χ1v) is 17.0. The van der Waals surface area contributed by atoms with Crippen molar-refractivity contribution in [2.45, 2.75) is 125 Å². The summed E-state index contributed by atoms with van der Waals surface area (Å²) in [5.74, 6) is 0. The van der Waals surface area contributed by atoms with Crippen molar-refractivity contribution in [2.75, 3.05) is 0 Å². The summed E-state index contributed by atoms with van der Waals surface area (Å²) in [5, 5.41) is 0. The Labute approximate surface area is 275 Å². The molecule has 0 nitrogen and oxygen atoms in total. The van der Waals surface area contributed by atoms with E-state index in [1.807, 2.05) is 243 Å². The van der Waals surface area contributed by atoms with Crippen molar-refractivity contribution < 1.29 is 0 Å². The summed E-state index contributed by atoms with van der Waals surface area (Å²) in [6, 6.07) is 48.0. The molecule has 0 atom stereocenters. The van der Waals surface area contributed by atoms with Crippen LogP contribution in [0.25, 0.3) is 0 Å². The van der Waals surface area contributed by atoms with Gasteiger partial charge >= 0.3 is 0 Å². The molecule has 0 saturated heterocycles. The zero-order chi connectivity index (χ0) is 35.5. The molecule has 0 radical (unpaired) electrons. The highest BCUT2D eigenvalue weighted by Gasteiger charge is 1.95. The van der Waals surface area contributed by atoms with Crippen molar-refractivity contribution in [1.29, 1.82) is 0 Å². The summed E-state index contributed by atoms with van der Waals surface area (Å²) in [5.41, 5.74) is 0.500. The fraction of sp³-hybridized carbons (Fsp3) is 0.442. The van der Waals surface area contributed by atoms with Gasteiger partial charge in [0.2, 0.25) is 0 Å². The van der Waals surface area contributed by atoms with Gasteiger partial charge in [-0.15, -0.1) is 0 Å². The van der Waals surface area contributed by atoms with Crippen molar-refractivity contribution >= 4 is 0 Å². The van der Waals surface area contributed by atoms with Crippen molar-refractivity contribution in [1.82, 2.24) is 0 Å². The summed E-state index contributed by atoms with van der Waals surface area (Å²) >= 11 is 0. The highest BCUT2D eigenvalue weighted by atomic mass is 14.0. The lowest BCUT2D eigenvalue weighted by atomic mass is 10.0. The minimum atomic E-state index is 0.500. The quantitative estimate of drug-likeness (QED) is 0.190. The van der Waals surface area contributed by atoms with Gasteiger partial charge in [-0.3, -0.25) is 0 Å². The lowest BCUT2D eigenvalue weighted by molar-refractivity contribution is 0.469. The van der Waals surface area contributed by atoms with Crippen LogP contribution >= 0.6 is 0 Å². The maximum absolute atomic E-state index is 2.19. The number of rotatable bonds is 0. The van der Waals surface area contributed by atoms with Gasteiger partial charge in [0.05, 0.1) is 0 Å². The third-order valence-corrected chi connectivity index (χ3v) is 2.67. The molecule has 4 aromatic rings. The summed E-state index contributed by atoms with van der Waals surface area (Å²) < 4.78 is 0. The Bertz CT molecular complexity index is 488. The van der Waals surface area contributed by atoms with Crippen molar-refractivity contribution in [2.24, 2.45) is 5.41 Å². The van der Waals surface area contributed by atoms with Crippen LogP contribution in [-0.2, 0) is 0 Å².